The molecule has 1 aliphatic rings. The first kappa shape index (κ1) is 32.7. The van der Waals surface area contributed by atoms with Crippen LogP contribution >= 0.6 is 0 Å². The SMILES string of the molecule is CC(C)C[C@@H](C(=O)NC[C@H](NC(=O)OCc1ccccc1)C(=O)O)N1C(=O)N(Cc2ccccc2)[C@@](C)(c2ccccc2)C1=O. The Balaban J connectivity index is 1.54. The second-order valence-electron chi connectivity index (χ2n) is 11.5. The number of carbonyl (C=O) groups excluding carboxylic acids is 4. The highest BCUT2D eigenvalue weighted by molar-refractivity contribution is 6.10. The minimum absolute atomic E-state index is 0.0688. The smallest absolute Gasteiger partial charge is 0.408 e. The lowest BCUT2D eigenvalue weighted by molar-refractivity contribution is -0.141. The van der Waals surface area contributed by atoms with E-state index >= 15 is 0 Å². The molecule has 11 nitrogen and oxygen atoms in total. The standard InChI is InChI=1S/C34H38N4O7/c1-23(2)19-28(29(39)35-20-27(30(40)41)36-32(43)45-22-25-15-9-5-10-16-25)38-31(42)34(3,26-17-11-6-12-18-26)37(33(38)44)21-24-13-7-4-8-14-24/h4-18,23,27-28H,19-22H2,1-3H3,(H,35,39)(H,36,43)(H,40,41)/t27-,28-,34-/m0/s1. The van der Waals surface area contributed by atoms with Crippen LogP contribution in [0.2, 0.25) is 0 Å². The average molecular weight is 615 g/mol. The molecule has 0 aliphatic carbocycles. The summed E-state index contributed by atoms with van der Waals surface area (Å²) in [6, 6.07) is 23.6. The third kappa shape index (κ3) is 7.67. The number of ether oxygens (including phenoxy) is 1. The van der Waals surface area contributed by atoms with Crippen molar-refractivity contribution >= 4 is 29.9 Å². The van der Waals surface area contributed by atoms with Crippen molar-refractivity contribution in [3.63, 3.8) is 0 Å². The summed E-state index contributed by atoms with van der Waals surface area (Å²) >= 11 is 0. The summed E-state index contributed by atoms with van der Waals surface area (Å²) in [5.74, 6) is -2.78. The quantitative estimate of drug-likeness (QED) is 0.244. The maximum Gasteiger partial charge on any atom is 0.408 e. The molecular weight excluding hydrogens is 576 g/mol. The summed E-state index contributed by atoms with van der Waals surface area (Å²) in [5, 5.41) is 14.5. The summed E-state index contributed by atoms with van der Waals surface area (Å²) in [7, 11) is 0. The number of hydrogen-bond acceptors (Lipinski definition) is 6. The number of benzene rings is 3. The van der Waals surface area contributed by atoms with Gasteiger partial charge in [-0.05, 0) is 36.0 Å². The molecule has 1 heterocycles. The molecule has 0 radical (unpaired) electrons. The van der Waals surface area contributed by atoms with E-state index < -0.39 is 54.1 Å². The predicted octanol–water partition coefficient (Wildman–Crippen LogP) is 4.28. The van der Waals surface area contributed by atoms with Gasteiger partial charge in [-0.3, -0.25) is 9.59 Å². The van der Waals surface area contributed by atoms with Crippen molar-refractivity contribution in [2.45, 2.75) is 58.0 Å². The maximum absolute atomic E-state index is 14.3. The van der Waals surface area contributed by atoms with Crippen LogP contribution in [0, 0.1) is 5.92 Å². The van der Waals surface area contributed by atoms with Crippen LogP contribution in [0.3, 0.4) is 0 Å². The van der Waals surface area contributed by atoms with E-state index in [0.717, 1.165) is 10.5 Å². The largest absolute Gasteiger partial charge is 0.480 e. The van der Waals surface area contributed by atoms with E-state index in [1.807, 2.05) is 56.3 Å². The molecule has 1 fully saturated rings. The van der Waals surface area contributed by atoms with Gasteiger partial charge in [0.1, 0.15) is 24.2 Å². The van der Waals surface area contributed by atoms with Crippen molar-refractivity contribution in [3.05, 3.63) is 108 Å². The van der Waals surface area contributed by atoms with E-state index in [9.17, 15) is 29.1 Å². The molecule has 1 saturated heterocycles. The molecule has 4 rings (SSSR count). The van der Waals surface area contributed by atoms with Crippen molar-refractivity contribution in [3.8, 4) is 0 Å². The molecule has 0 unspecified atom stereocenters. The van der Waals surface area contributed by atoms with Gasteiger partial charge < -0.3 is 25.4 Å². The van der Waals surface area contributed by atoms with Gasteiger partial charge in [0.15, 0.2) is 0 Å². The lowest BCUT2D eigenvalue weighted by atomic mass is 9.89. The molecule has 1 aliphatic heterocycles. The van der Waals surface area contributed by atoms with E-state index in [2.05, 4.69) is 10.6 Å². The first-order valence-electron chi connectivity index (χ1n) is 14.7. The summed E-state index contributed by atoms with van der Waals surface area (Å²) in [6.07, 6.45) is -0.836. The monoisotopic (exact) mass is 614 g/mol. The van der Waals surface area contributed by atoms with E-state index in [0.29, 0.717) is 11.1 Å². The molecule has 3 atom stereocenters. The topological polar surface area (TPSA) is 145 Å². The number of aliphatic carboxylic acids is 1. The highest BCUT2D eigenvalue weighted by Gasteiger charge is 2.58. The lowest BCUT2D eigenvalue weighted by Gasteiger charge is -2.32. The number of carboxylic acids is 1. The minimum atomic E-state index is -1.52. The van der Waals surface area contributed by atoms with E-state index in [1.165, 1.54) is 4.90 Å². The van der Waals surface area contributed by atoms with Gasteiger partial charge in [0.25, 0.3) is 5.91 Å². The van der Waals surface area contributed by atoms with Crippen LogP contribution in [0.1, 0.15) is 43.9 Å². The van der Waals surface area contributed by atoms with E-state index in [-0.39, 0.29) is 25.5 Å². The van der Waals surface area contributed by atoms with Gasteiger partial charge in [-0.15, -0.1) is 0 Å². The Morgan fingerprint density at radius 2 is 1.42 bits per heavy atom. The lowest BCUT2D eigenvalue weighted by Crippen LogP contribution is -2.55. The van der Waals surface area contributed by atoms with Crippen molar-refractivity contribution in [1.29, 1.82) is 0 Å². The minimum Gasteiger partial charge on any atom is -0.480 e. The zero-order valence-corrected chi connectivity index (χ0v) is 25.5. The first-order valence-corrected chi connectivity index (χ1v) is 14.7. The molecule has 3 aromatic rings. The van der Waals surface area contributed by atoms with Gasteiger partial charge in [-0.1, -0.05) is 105 Å². The number of imide groups is 1. The van der Waals surface area contributed by atoms with E-state index in [1.54, 1.807) is 55.5 Å². The Kier molecular flexibility index (Phi) is 10.6. The van der Waals surface area contributed by atoms with Crippen molar-refractivity contribution < 1.29 is 33.8 Å². The molecule has 5 amide bonds. The molecule has 0 bridgehead atoms. The Labute approximate surface area is 262 Å². The van der Waals surface area contributed by atoms with Gasteiger partial charge in [0.05, 0.1) is 0 Å². The van der Waals surface area contributed by atoms with Crippen LogP contribution in [0.4, 0.5) is 9.59 Å². The van der Waals surface area contributed by atoms with Gasteiger partial charge in [-0.25, -0.2) is 19.3 Å². The maximum atomic E-state index is 14.3. The number of nitrogens with one attached hydrogen (secondary N) is 2. The van der Waals surface area contributed by atoms with Crippen LogP contribution in [0.25, 0.3) is 0 Å². The van der Waals surface area contributed by atoms with Crippen LogP contribution in [-0.4, -0.2) is 63.4 Å². The summed E-state index contributed by atoms with van der Waals surface area (Å²) in [6.45, 7) is 4.94. The zero-order chi connectivity index (χ0) is 32.6. The molecule has 3 N–H and O–H groups in total. The number of hydrogen-bond donors (Lipinski definition) is 3. The second kappa shape index (κ2) is 14.5. The zero-order valence-electron chi connectivity index (χ0n) is 25.5. The molecule has 0 aromatic heterocycles. The summed E-state index contributed by atoms with van der Waals surface area (Å²) in [4.78, 5) is 68.8. The predicted molar refractivity (Wildman–Crippen MR) is 165 cm³/mol. The Morgan fingerprint density at radius 3 is 1.98 bits per heavy atom. The van der Waals surface area contributed by atoms with Crippen LogP contribution in [0.5, 0.6) is 0 Å². The molecule has 11 heteroatoms. The Bertz CT molecular complexity index is 1500. The molecule has 0 saturated carbocycles. The molecule has 0 spiro atoms. The summed E-state index contributed by atoms with van der Waals surface area (Å²) < 4.78 is 5.12. The fourth-order valence-electron chi connectivity index (χ4n) is 5.27. The van der Waals surface area contributed by atoms with Crippen molar-refractivity contribution in [1.82, 2.24) is 20.4 Å². The van der Waals surface area contributed by atoms with Crippen molar-refractivity contribution in [2.24, 2.45) is 5.92 Å². The molecule has 3 aromatic carbocycles. The molecule has 45 heavy (non-hydrogen) atoms. The highest BCUT2D eigenvalue weighted by Crippen LogP contribution is 2.40. The van der Waals surface area contributed by atoms with Crippen LogP contribution < -0.4 is 10.6 Å². The van der Waals surface area contributed by atoms with Crippen molar-refractivity contribution in [2.75, 3.05) is 6.54 Å². The van der Waals surface area contributed by atoms with Crippen LogP contribution in [-0.2, 0) is 37.8 Å². The number of amides is 5. The van der Waals surface area contributed by atoms with E-state index in [4.69, 9.17) is 4.74 Å². The third-order valence-electron chi connectivity index (χ3n) is 7.72. The number of nitrogens with zero attached hydrogens (tertiary/aromatic N) is 2. The summed E-state index contributed by atoms with van der Waals surface area (Å²) in [5.41, 5.74) is 0.710. The first-order chi connectivity index (χ1) is 21.5. The fraction of sp³-hybridized carbons (Fsp3) is 0.324. The van der Waals surface area contributed by atoms with Gasteiger partial charge >= 0.3 is 18.1 Å². The normalized spacial score (nSPS) is 17.6. The Morgan fingerprint density at radius 1 is 0.867 bits per heavy atom. The van der Waals surface area contributed by atoms with Gasteiger partial charge in [0.2, 0.25) is 5.91 Å². The number of urea groups is 1. The number of alkyl carbamates (subject to hydrolysis) is 1. The Hall–Kier alpha value is -5.19. The second-order valence-corrected chi connectivity index (χ2v) is 11.5. The molecule has 236 valence electrons. The van der Waals surface area contributed by atoms with Gasteiger partial charge in [-0.2, -0.15) is 0 Å². The third-order valence-corrected chi connectivity index (χ3v) is 7.72. The fourth-order valence-corrected chi connectivity index (χ4v) is 5.27. The average Bonchev–Trinajstić information content (AvgIpc) is 3.22. The molecular formula is C34H38N4O7. The van der Waals surface area contributed by atoms with Gasteiger partial charge in [0, 0.05) is 13.1 Å². The highest BCUT2D eigenvalue weighted by atomic mass is 16.5. The number of rotatable bonds is 13. The number of carbonyl (C=O) groups is 5. The number of carboxylic acid groups (broad SMARTS) is 1. The van der Waals surface area contributed by atoms with Crippen LogP contribution in [0.15, 0.2) is 91.0 Å².